The van der Waals surface area contributed by atoms with Gasteiger partial charge in [0.05, 0.1) is 0 Å². The van der Waals surface area contributed by atoms with E-state index >= 15 is 0 Å². The minimum absolute atomic E-state index is 0.737. The molecule has 3 nitrogen and oxygen atoms in total. The molecule has 0 aliphatic carbocycles. The molecule has 3 aromatic heterocycles. The Morgan fingerprint density at radius 1 is 0.833 bits per heavy atom. The maximum Gasteiger partial charge on any atom is 0.135 e. The predicted molar refractivity (Wildman–Crippen MR) is 127 cm³/mol. The SMILES string of the molecule is Cc1ccc(-c2csc3c(-c4ccncc4)cnc(NCc4ccccc4)c23)cc1. The van der Waals surface area contributed by atoms with Crippen molar-refractivity contribution in [3.05, 3.63) is 102 Å². The first-order chi connectivity index (χ1) is 14.8. The van der Waals surface area contributed by atoms with Crippen LogP contribution in [0.2, 0.25) is 0 Å². The molecule has 0 atom stereocenters. The molecule has 0 bridgehead atoms. The zero-order valence-corrected chi connectivity index (χ0v) is 17.5. The van der Waals surface area contributed by atoms with Crippen molar-refractivity contribution in [3.63, 3.8) is 0 Å². The van der Waals surface area contributed by atoms with Gasteiger partial charge in [0.15, 0.2) is 0 Å². The fraction of sp³-hybridized carbons (Fsp3) is 0.0769. The molecule has 146 valence electrons. The Kier molecular flexibility index (Phi) is 4.99. The fourth-order valence-electron chi connectivity index (χ4n) is 3.64. The number of hydrogen-bond acceptors (Lipinski definition) is 4. The van der Waals surface area contributed by atoms with Crippen molar-refractivity contribution >= 4 is 27.2 Å². The van der Waals surface area contributed by atoms with Crippen molar-refractivity contribution in [1.29, 1.82) is 0 Å². The van der Waals surface area contributed by atoms with Gasteiger partial charge in [0, 0.05) is 46.3 Å². The molecule has 1 N–H and O–H groups in total. The number of nitrogens with zero attached hydrogens (tertiary/aromatic N) is 2. The highest BCUT2D eigenvalue weighted by molar-refractivity contribution is 7.18. The molecule has 0 unspecified atom stereocenters. The molecule has 0 saturated heterocycles. The van der Waals surface area contributed by atoms with Crippen LogP contribution < -0.4 is 5.32 Å². The van der Waals surface area contributed by atoms with Gasteiger partial charge in [0.2, 0.25) is 0 Å². The third kappa shape index (κ3) is 3.58. The molecule has 3 heterocycles. The largest absolute Gasteiger partial charge is 0.365 e. The van der Waals surface area contributed by atoms with E-state index in [9.17, 15) is 0 Å². The lowest BCUT2D eigenvalue weighted by molar-refractivity contribution is 1.12. The van der Waals surface area contributed by atoms with Crippen LogP contribution >= 0.6 is 11.3 Å². The van der Waals surface area contributed by atoms with Gasteiger partial charge in [-0.25, -0.2) is 4.98 Å². The van der Waals surface area contributed by atoms with Crippen molar-refractivity contribution in [1.82, 2.24) is 9.97 Å². The summed E-state index contributed by atoms with van der Waals surface area (Å²) in [7, 11) is 0. The van der Waals surface area contributed by atoms with Crippen LogP contribution in [-0.2, 0) is 6.54 Å². The third-order valence-corrected chi connectivity index (χ3v) is 6.27. The molecular weight excluding hydrogens is 386 g/mol. The summed E-state index contributed by atoms with van der Waals surface area (Å²) >= 11 is 1.77. The van der Waals surface area contributed by atoms with Crippen molar-refractivity contribution in [2.75, 3.05) is 5.32 Å². The van der Waals surface area contributed by atoms with Gasteiger partial charge in [-0.15, -0.1) is 11.3 Å². The molecule has 5 aromatic rings. The summed E-state index contributed by atoms with van der Waals surface area (Å²) in [6, 6.07) is 23.2. The number of aromatic nitrogens is 2. The number of aryl methyl sites for hydroxylation is 1. The number of nitrogens with one attached hydrogen (secondary N) is 1. The van der Waals surface area contributed by atoms with Gasteiger partial charge in [0.1, 0.15) is 5.82 Å². The van der Waals surface area contributed by atoms with Crippen molar-refractivity contribution in [3.8, 4) is 22.3 Å². The average molecular weight is 408 g/mol. The van der Waals surface area contributed by atoms with E-state index < -0.39 is 0 Å². The van der Waals surface area contributed by atoms with E-state index in [4.69, 9.17) is 4.98 Å². The van der Waals surface area contributed by atoms with E-state index in [1.54, 1.807) is 11.3 Å². The van der Waals surface area contributed by atoms with Gasteiger partial charge < -0.3 is 5.32 Å². The van der Waals surface area contributed by atoms with E-state index in [-0.39, 0.29) is 0 Å². The number of pyridine rings is 2. The average Bonchev–Trinajstić information content (AvgIpc) is 3.25. The van der Waals surface area contributed by atoms with E-state index in [1.165, 1.54) is 32.3 Å². The van der Waals surface area contributed by atoms with Gasteiger partial charge >= 0.3 is 0 Å². The highest BCUT2D eigenvalue weighted by Crippen LogP contribution is 2.42. The minimum atomic E-state index is 0.737. The number of thiophene rings is 1. The monoisotopic (exact) mass is 407 g/mol. The first-order valence-electron chi connectivity index (χ1n) is 9.95. The first-order valence-corrected chi connectivity index (χ1v) is 10.8. The summed E-state index contributed by atoms with van der Waals surface area (Å²) in [6.07, 6.45) is 5.63. The van der Waals surface area contributed by atoms with E-state index in [0.717, 1.165) is 23.5 Å². The molecule has 0 aliphatic rings. The van der Waals surface area contributed by atoms with E-state index in [0.29, 0.717) is 0 Å². The first kappa shape index (κ1) is 18.5. The summed E-state index contributed by atoms with van der Waals surface area (Å²) in [6.45, 7) is 2.85. The van der Waals surface area contributed by atoms with Gasteiger partial charge in [-0.3, -0.25) is 4.98 Å². The van der Waals surface area contributed by atoms with Gasteiger partial charge in [-0.1, -0.05) is 60.2 Å². The van der Waals surface area contributed by atoms with Crippen LogP contribution in [-0.4, -0.2) is 9.97 Å². The van der Waals surface area contributed by atoms with Crippen LogP contribution in [0.4, 0.5) is 5.82 Å². The van der Waals surface area contributed by atoms with Crippen molar-refractivity contribution in [2.24, 2.45) is 0 Å². The molecule has 0 amide bonds. The lowest BCUT2D eigenvalue weighted by Crippen LogP contribution is -2.02. The normalized spacial score (nSPS) is 11.0. The fourth-order valence-corrected chi connectivity index (χ4v) is 4.75. The zero-order chi connectivity index (χ0) is 20.3. The topological polar surface area (TPSA) is 37.8 Å². The number of rotatable bonds is 5. The molecule has 0 saturated carbocycles. The smallest absolute Gasteiger partial charge is 0.135 e. The summed E-state index contributed by atoms with van der Waals surface area (Å²) in [4.78, 5) is 9.01. The van der Waals surface area contributed by atoms with Crippen LogP contribution in [0.1, 0.15) is 11.1 Å². The van der Waals surface area contributed by atoms with Gasteiger partial charge in [0.25, 0.3) is 0 Å². The van der Waals surface area contributed by atoms with E-state index in [1.807, 2.05) is 36.8 Å². The Morgan fingerprint density at radius 2 is 1.57 bits per heavy atom. The van der Waals surface area contributed by atoms with Crippen LogP contribution in [0, 0.1) is 6.92 Å². The molecule has 0 spiro atoms. The van der Waals surface area contributed by atoms with Crippen molar-refractivity contribution < 1.29 is 0 Å². The Labute approximate surface area is 180 Å². The van der Waals surface area contributed by atoms with Crippen molar-refractivity contribution in [2.45, 2.75) is 13.5 Å². The highest BCUT2D eigenvalue weighted by Gasteiger charge is 2.16. The number of anilines is 1. The third-order valence-electron chi connectivity index (χ3n) is 5.25. The molecule has 4 heteroatoms. The molecule has 2 aromatic carbocycles. The highest BCUT2D eigenvalue weighted by atomic mass is 32.1. The van der Waals surface area contributed by atoms with Crippen LogP contribution in [0.25, 0.3) is 32.3 Å². The summed E-state index contributed by atoms with van der Waals surface area (Å²) in [5.41, 5.74) is 7.20. The molecule has 0 radical (unpaired) electrons. The molecule has 0 aliphatic heterocycles. The standard InChI is InChI=1S/C26H21N3S/c1-18-7-9-20(10-8-18)23-17-30-25-22(21-11-13-27-14-12-21)16-29-26(24(23)25)28-15-19-5-3-2-4-6-19/h2-14,16-17H,15H2,1H3,(H,28,29). The Morgan fingerprint density at radius 3 is 2.33 bits per heavy atom. The number of benzene rings is 2. The second kappa shape index (κ2) is 8.09. The lowest BCUT2D eigenvalue weighted by atomic mass is 10.0. The maximum atomic E-state index is 4.85. The minimum Gasteiger partial charge on any atom is -0.365 e. The summed E-state index contributed by atoms with van der Waals surface area (Å²) in [5.74, 6) is 0.920. The van der Waals surface area contributed by atoms with Crippen LogP contribution in [0.3, 0.4) is 0 Å². The number of hydrogen-bond donors (Lipinski definition) is 1. The molecule has 0 fully saturated rings. The van der Waals surface area contributed by atoms with E-state index in [2.05, 4.69) is 71.1 Å². The van der Waals surface area contributed by atoms with Gasteiger partial charge in [-0.2, -0.15) is 0 Å². The van der Waals surface area contributed by atoms with Gasteiger partial charge in [-0.05, 0) is 41.1 Å². The molecular formula is C26H21N3S. The second-order valence-corrected chi connectivity index (χ2v) is 8.19. The second-order valence-electron chi connectivity index (χ2n) is 7.32. The summed E-state index contributed by atoms with van der Waals surface area (Å²) < 4.78 is 1.24. The Bertz CT molecular complexity index is 1280. The lowest BCUT2D eigenvalue weighted by Gasteiger charge is -2.12. The maximum absolute atomic E-state index is 4.85. The predicted octanol–water partition coefficient (Wildman–Crippen LogP) is 6.95. The summed E-state index contributed by atoms with van der Waals surface area (Å²) in [5, 5.41) is 6.99. The Hall–Kier alpha value is -3.50. The molecule has 30 heavy (non-hydrogen) atoms. The zero-order valence-electron chi connectivity index (χ0n) is 16.7. The van der Waals surface area contributed by atoms with Crippen LogP contribution in [0.15, 0.2) is 90.7 Å². The Balaban J connectivity index is 1.65. The quantitative estimate of drug-likeness (QED) is 0.343. The van der Waals surface area contributed by atoms with Crippen LogP contribution in [0.5, 0.6) is 0 Å². The number of fused-ring (bicyclic) bond motifs is 1. The molecule has 5 rings (SSSR count).